The van der Waals surface area contributed by atoms with Crippen molar-refractivity contribution < 1.29 is 18.3 Å². The lowest BCUT2D eigenvalue weighted by Crippen LogP contribution is -2.13. The number of halogens is 1. The average molecular weight is 327 g/mol. The Labute approximate surface area is 126 Å². The number of aromatic nitrogens is 1. The normalized spacial score (nSPS) is 11.1. The molecule has 21 heavy (non-hydrogen) atoms. The largest absolute Gasteiger partial charge is 0.506 e. The Hall–Kier alpha value is -2.12. The Bertz CT molecular complexity index is 806. The van der Waals surface area contributed by atoms with Crippen LogP contribution in [-0.2, 0) is 9.84 Å². The van der Waals surface area contributed by atoms with Crippen LogP contribution < -0.4 is 5.32 Å². The molecule has 0 unspecified atom stereocenters. The van der Waals surface area contributed by atoms with Gasteiger partial charge >= 0.3 is 0 Å². The van der Waals surface area contributed by atoms with Crippen molar-refractivity contribution in [3.63, 3.8) is 0 Å². The molecule has 0 bridgehead atoms. The van der Waals surface area contributed by atoms with E-state index in [2.05, 4.69) is 10.3 Å². The van der Waals surface area contributed by atoms with Gasteiger partial charge in [0.2, 0.25) is 0 Å². The van der Waals surface area contributed by atoms with Gasteiger partial charge in [0, 0.05) is 12.5 Å². The van der Waals surface area contributed by atoms with E-state index in [1.807, 2.05) is 0 Å². The number of nitrogens with one attached hydrogen (secondary N) is 1. The Morgan fingerprint density at radius 2 is 2.00 bits per heavy atom. The Morgan fingerprint density at radius 3 is 2.62 bits per heavy atom. The molecule has 2 rings (SSSR count). The van der Waals surface area contributed by atoms with Gasteiger partial charge in [-0.3, -0.25) is 9.78 Å². The summed E-state index contributed by atoms with van der Waals surface area (Å²) in [5.41, 5.74) is 0.281. The number of hydrogen-bond acceptors (Lipinski definition) is 5. The van der Waals surface area contributed by atoms with Gasteiger partial charge in [-0.2, -0.15) is 0 Å². The van der Waals surface area contributed by atoms with Crippen LogP contribution in [-0.4, -0.2) is 30.7 Å². The van der Waals surface area contributed by atoms with Gasteiger partial charge in [-0.1, -0.05) is 11.6 Å². The molecule has 0 spiro atoms. The minimum atomic E-state index is -3.41. The van der Waals surface area contributed by atoms with Crippen LogP contribution in [0.1, 0.15) is 10.4 Å². The molecule has 0 radical (unpaired) electrons. The molecular weight excluding hydrogens is 316 g/mol. The SMILES string of the molecule is CS(=O)(=O)c1ccc(Cl)c(NC(=O)c2cncc(O)c2)c1. The van der Waals surface area contributed by atoms with E-state index in [9.17, 15) is 18.3 Å². The minimum Gasteiger partial charge on any atom is -0.506 e. The van der Waals surface area contributed by atoms with E-state index in [-0.39, 0.29) is 26.9 Å². The molecular formula is C13H11ClN2O4S. The summed E-state index contributed by atoms with van der Waals surface area (Å²) in [6.45, 7) is 0. The summed E-state index contributed by atoms with van der Waals surface area (Å²) in [6, 6.07) is 5.24. The summed E-state index contributed by atoms with van der Waals surface area (Å²) < 4.78 is 23.0. The number of nitrogens with zero attached hydrogens (tertiary/aromatic N) is 1. The first-order valence-electron chi connectivity index (χ1n) is 5.72. The number of hydrogen-bond donors (Lipinski definition) is 2. The molecule has 0 atom stereocenters. The van der Waals surface area contributed by atoms with E-state index >= 15 is 0 Å². The summed E-state index contributed by atoms with van der Waals surface area (Å²) in [6.07, 6.45) is 3.51. The van der Waals surface area contributed by atoms with Gasteiger partial charge in [0.15, 0.2) is 9.84 Å². The van der Waals surface area contributed by atoms with Crippen LogP contribution in [0, 0.1) is 0 Å². The molecule has 1 aromatic heterocycles. The summed E-state index contributed by atoms with van der Waals surface area (Å²) >= 11 is 5.93. The molecule has 0 fully saturated rings. The number of pyridine rings is 1. The summed E-state index contributed by atoms with van der Waals surface area (Å²) in [5.74, 6) is -0.718. The third kappa shape index (κ3) is 3.71. The lowest BCUT2D eigenvalue weighted by Gasteiger charge is -2.09. The molecule has 1 amide bonds. The molecule has 0 saturated heterocycles. The summed E-state index contributed by atoms with van der Waals surface area (Å²) in [4.78, 5) is 15.7. The van der Waals surface area contributed by atoms with Crippen molar-refractivity contribution in [1.82, 2.24) is 4.98 Å². The van der Waals surface area contributed by atoms with Gasteiger partial charge in [-0.15, -0.1) is 0 Å². The maximum absolute atomic E-state index is 12.0. The maximum atomic E-state index is 12.0. The number of carbonyl (C=O) groups excluding carboxylic acids is 1. The van der Waals surface area contributed by atoms with Crippen molar-refractivity contribution in [3.8, 4) is 5.75 Å². The fourth-order valence-electron chi connectivity index (χ4n) is 1.58. The summed E-state index contributed by atoms with van der Waals surface area (Å²) in [7, 11) is -3.41. The number of benzene rings is 1. The zero-order valence-corrected chi connectivity index (χ0v) is 12.4. The Kier molecular flexibility index (Phi) is 4.15. The third-order valence-electron chi connectivity index (χ3n) is 2.60. The van der Waals surface area contributed by atoms with Gasteiger partial charge in [-0.25, -0.2) is 8.42 Å². The number of aromatic hydroxyl groups is 1. The second-order valence-electron chi connectivity index (χ2n) is 4.30. The monoisotopic (exact) mass is 326 g/mol. The van der Waals surface area contributed by atoms with Crippen LogP contribution in [0.15, 0.2) is 41.6 Å². The van der Waals surface area contributed by atoms with Gasteiger partial charge in [0.05, 0.1) is 27.4 Å². The van der Waals surface area contributed by atoms with E-state index in [0.29, 0.717) is 0 Å². The molecule has 2 aromatic rings. The van der Waals surface area contributed by atoms with Crippen LogP contribution in [0.4, 0.5) is 5.69 Å². The van der Waals surface area contributed by atoms with Gasteiger partial charge in [0.25, 0.3) is 5.91 Å². The topological polar surface area (TPSA) is 96.4 Å². The highest BCUT2D eigenvalue weighted by Crippen LogP contribution is 2.26. The first kappa shape index (κ1) is 15.3. The number of amides is 1. The van der Waals surface area contributed by atoms with Crippen molar-refractivity contribution in [2.75, 3.05) is 11.6 Å². The molecule has 0 saturated carbocycles. The number of rotatable bonds is 3. The standard InChI is InChI=1S/C13H11ClN2O4S/c1-21(19,20)10-2-3-11(14)12(5-10)16-13(18)8-4-9(17)7-15-6-8/h2-7,17H,1H3,(H,16,18). The maximum Gasteiger partial charge on any atom is 0.257 e. The van der Waals surface area contributed by atoms with Crippen molar-refractivity contribution in [3.05, 3.63) is 47.2 Å². The lowest BCUT2D eigenvalue weighted by molar-refractivity contribution is 0.102. The lowest BCUT2D eigenvalue weighted by atomic mass is 10.2. The van der Waals surface area contributed by atoms with Crippen molar-refractivity contribution >= 4 is 33.0 Å². The minimum absolute atomic E-state index is 0.0382. The molecule has 0 aliphatic carbocycles. The fraction of sp³-hybridized carbons (Fsp3) is 0.0769. The van der Waals surface area contributed by atoms with Crippen LogP contribution in [0.3, 0.4) is 0 Å². The first-order valence-corrected chi connectivity index (χ1v) is 7.99. The van der Waals surface area contributed by atoms with Crippen LogP contribution in [0.25, 0.3) is 0 Å². The quantitative estimate of drug-likeness (QED) is 0.900. The highest BCUT2D eigenvalue weighted by atomic mass is 35.5. The molecule has 1 heterocycles. The molecule has 8 heteroatoms. The van der Waals surface area contributed by atoms with Gasteiger partial charge in [0.1, 0.15) is 5.75 Å². The highest BCUT2D eigenvalue weighted by Gasteiger charge is 2.13. The van der Waals surface area contributed by atoms with E-state index in [1.165, 1.54) is 36.7 Å². The predicted octanol–water partition coefficient (Wildman–Crippen LogP) is 2.10. The summed E-state index contributed by atoms with van der Waals surface area (Å²) in [5, 5.41) is 12.0. The molecule has 2 N–H and O–H groups in total. The third-order valence-corrected chi connectivity index (χ3v) is 4.04. The molecule has 0 aliphatic rings. The average Bonchev–Trinajstić information content (AvgIpc) is 2.40. The zero-order chi connectivity index (χ0) is 15.6. The van der Waals surface area contributed by atoms with Crippen LogP contribution in [0.5, 0.6) is 5.75 Å². The van der Waals surface area contributed by atoms with Gasteiger partial charge in [-0.05, 0) is 24.3 Å². The number of carbonyl (C=O) groups is 1. The first-order chi connectivity index (χ1) is 9.77. The molecule has 1 aromatic carbocycles. The Balaban J connectivity index is 2.33. The van der Waals surface area contributed by atoms with Crippen molar-refractivity contribution in [1.29, 1.82) is 0 Å². The van der Waals surface area contributed by atoms with Crippen molar-refractivity contribution in [2.24, 2.45) is 0 Å². The molecule has 0 aliphatic heterocycles. The van der Waals surface area contributed by atoms with Crippen molar-refractivity contribution in [2.45, 2.75) is 4.90 Å². The Morgan fingerprint density at radius 1 is 1.29 bits per heavy atom. The number of anilines is 1. The van der Waals surface area contributed by atoms with E-state index in [4.69, 9.17) is 11.6 Å². The molecule has 6 nitrogen and oxygen atoms in total. The van der Waals surface area contributed by atoms with E-state index < -0.39 is 15.7 Å². The zero-order valence-electron chi connectivity index (χ0n) is 10.9. The molecule has 110 valence electrons. The van der Waals surface area contributed by atoms with E-state index in [1.54, 1.807) is 0 Å². The smallest absolute Gasteiger partial charge is 0.257 e. The highest BCUT2D eigenvalue weighted by molar-refractivity contribution is 7.90. The second-order valence-corrected chi connectivity index (χ2v) is 6.72. The van der Waals surface area contributed by atoms with E-state index in [0.717, 1.165) is 6.26 Å². The second kappa shape index (κ2) is 5.71. The number of sulfone groups is 1. The fourth-order valence-corrected chi connectivity index (χ4v) is 2.39. The van der Waals surface area contributed by atoms with Gasteiger partial charge < -0.3 is 10.4 Å². The van der Waals surface area contributed by atoms with Crippen LogP contribution >= 0.6 is 11.6 Å². The van der Waals surface area contributed by atoms with Crippen LogP contribution in [0.2, 0.25) is 5.02 Å². The predicted molar refractivity (Wildman–Crippen MR) is 78.4 cm³/mol.